The number of fused-ring (bicyclic) bond motifs is 1. The number of halogens is 1. The van der Waals surface area contributed by atoms with Gasteiger partial charge in [0.25, 0.3) is 0 Å². The second-order valence-corrected chi connectivity index (χ2v) is 7.98. The van der Waals surface area contributed by atoms with Crippen LogP contribution >= 0.6 is 22.9 Å². The maximum Gasteiger partial charge on any atom is 0.145 e. The molecule has 3 rings (SSSR count). The second-order valence-electron chi connectivity index (χ2n) is 6.42. The van der Waals surface area contributed by atoms with Crippen LogP contribution < -0.4 is 0 Å². The zero-order valence-corrected chi connectivity index (χ0v) is 14.7. The highest BCUT2D eigenvalue weighted by Gasteiger charge is 2.25. The monoisotopic (exact) mass is 323 g/mol. The van der Waals surface area contributed by atoms with E-state index in [1.165, 1.54) is 16.9 Å². The Morgan fingerprint density at radius 2 is 2.10 bits per heavy atom. The van der Waals surface area contributed by atoms with Gasteiger partial charge in [-0.15, -0.1) is 11.3 Å². The van der Waals surface area contributed by atoms with E-state index in [0.29, 0.717) is 5.15 Å². The molecule has 114 valence electrons. The molecule has 0 aliphatic carbocycles. The number of rotatable bonds is 3. The SMILES string of the molecule is Cc1sc2nc(CN3CCC(C(C)C)C3)nc(Cl)c2c1C. The molecule has 1 unspecified atom stereocenters. The molecule has 1 atom stereocenters. The van der Waals surface area contributed by atoms with Crippen molar-refractivity contribution in [1.29, 1.82) is 0 Å². The number of thiophene rings is 1. The van der Waals surface area contributed by atoms with Gasteiger partial charge in [0.1, 0.15) is 15.8 Å². The molecule has 0 radical (unpaired) electrons. The molecule has 3 nitrogen and oxygen atoms in total. The van der Waals surface area contributed by atoms with Gasteiger partial charge in [0.15, 0.2) is 0 Å². The number of likely N-dealkylation sites (tertiary alicyclic amines) is 1. The predicted molar refractivity (Wildman–Crippen MR) is 90.1 cm³/mol. The minimum atomic E-state index is 0.608. The second kappa shape index (κ2) is 5.82. The van der Waals surface area contributed by atoms with E-state index in [4.69, 9.17) is 16.6 Å². The summed E-state index contributed by atoms with van der Waals surface area (Å²) in [4.78, 5) is 14.0. The van der Waals surface area contributed by atoms with E-state index in [1.54, 1.807) is 11.3 Å². The average Bonchev–Trinajstić information content (AvgIpc) is 2.96. The van der Waals surface area contributed by atoms with E-state index < -0.39 is 0 Å². The first-order valence-corrected chi connectivity index (χ1v) is 8.79. The lowest BCUT2D eigenvalue weighted by molar-refractivity contribution is 0.291. The Hall–Kier alpha value is -0.710. The number of aromatic nitrogens is 2. The fourth-order valence-electron chi connectivity index (χ4n) is 3.06. The van der Waals surface area contributed by atoms with Gasteiger partial charge in [-0.2, -0.15) is 0 Å². The Morgan fingerprint density at radius 1 is 1.33 bits per heavy atom. The third-order valence-electron chi connectivity index (χ3n) is 4.65. The third kappa shape index (κ3) is 2.94. The van der Waals surface area contributed by atoms with E-state index in [1.807, 2.05) is 0 Å². The van der Waals surface area contributed by atoms with Gasteiger partial charge in [0.2, 0.25) is 0 Å². The van der Waals surface area contributed by atoms with Gasteiger partial charge in [-0.3, -0.25) is 4.90 Å². The van der Waals surface area contributed by atoms with Crippen molar-refractivity contribution in [3.05, 3.63) is 21.4 Å². The number of hydrogen-bond donors (Lipinski definition) is 0. The van der Waals surface area contributed by atoms with Crippen LogP contribution in [0.3, 0.4) is 0 Å². The zero-order chi connectivity index (χ0) is 15.1. The molecule has 1 saturated heterocycles. The number of hydrogen-bond acceptors (Lipinski definition) is 4. The van der Waals surface area contributed by atoms with Gasteiger partial charge in [-0.05, 0) is 44.2 Å². The molecule has 0 saturated carbocycles. The summed E-state index contributed by atoms with van der Waals surface area (Å²) >= 11 is 8.10. The third-order valence-corrected chi connectivity index (χ3v) is 6.02. The van der Waals surface area contributed by atoms with Crippen molar-refractivity contribution in [2.24, 2.45) is 11.8 Å². The fraction of sp³-hybridized carbons (Fsp3) is 0.625. The van der Waals surface area contributed by atoms with Crippen molar-refractivity contribution in [1.82, 2.24) is 14.9 Å². The van der Waals surface area contributed by atoms with Crippen LogP contribution in [0.5, 0.6) is 0 Å². The molecule has 0 spiro atoms. The Labute approximate surface area is 135 Å². The summed E-state index contributed by atoms with van der Waals surface area (Å²) in [5.74, 6) is 2.41. The molecule has 2 aromatic rings. The van der Waals surface area contributed by atoms with Crippen molar-refractivity contribution in [2.75, 3.05) is 13.1 Å². The number of nitrogens with zero attached hydrogens (tertiary/aromatic N) is 3. The highest BCUT2D eigenvalue weighted by Crippen LogP contribution is 2.33. The predicted octanol–water partition coefficient (Wildman–Crippen LogP) is 4.44. The van der Waals surface area contributed by atoms with E-state index in [2.05, 4.69) is 37.6 Å². The summed E-state index contributed by atoms with van der Waals surface area (Å²) in [6, 6.07) is 0. The van der Waals surface area contributed by atoms with Crippen LogP contribution in [0.4, 0.5) is 0 Å². The van der Waals surface area contributed by atoms with Gasteiger partial charge in [-0.25, -0.2) is 9.97 Å². The maximum atomic E-state index is 6.38. The van der Waals surface area contributed by atoms with Gasteiger partial charge in [0.05, 0.1) is 11.9 Å². The van der Waals surface area contributed by atoms with Gasteiger partial charge < -0.3 is 0 Å². The molecule has 3 heterocycles. The van der Waals surface area contributed by atoms with Gasteiger partial charge in [-0.1, -0.05) is 25.4 Å². The Kier molecular flexibility index (Phi) is 4.21. The molecule has 0 amide bonds. The van der Waals surface area contributed by atoms with Crippen LogP contribution in [0.2, 0.25) is 5.15 Å². The van der Waals surface area contributed by atoms with Crippen molar-refractivity contribution in [2.45, 2.75) is 40.7 Å². The smallest absolute Gasteiger partial charge is 0.145 e. The molecule has 0 N–H and O–H groups in total. The van der Waals surface area contributed by atoms with E-state index in [-0.39, 0.29) is 0 Å². The standard InChI is InChI=1S/C16H22ClN3S/c1-9(2)12-5-6-20(7-12)8-13-18-15(17)14-10(3)11(4)21-16(14)19-13/h9,12H,5-8H2,1-4H3. The highest BCUT2D eigenvalue weighted by atomic mass is 35.5. The van der Waals surface area contributed by atoms with Crippen molar-refractivity contribution in [3.8, 4) is 0 Å². The first-order valence-electron chi connectivity index (χ1n) is 7.60. The lowest BCUT2D eigenvalue weighted by atomic mass is 9.95. The average molecular weight is 324 g/mol. The fourth-order valence-corrected chi connectivity index (χ4v) is 4.50. The molecule has 5 heteroatoms. The first kappa shape index (κ1) is 15.2. The number of aryl methyl sites for hydroxylation is 2. The van der Waals surface area contributed by atoms with Crippen LogP contribution in [-0.4, -0.2) is 28.0 Å². The van der Waals surface area contributed by atoms with E-state index in [0.717, 1.165) is 47.5 Å². The summed E-state index contributed by atoms with van der Waals surface area (Å²) in [5, 5.41) is 1.64. The minimum absolute atomic E-state index is 0.608. The van der Waals surface area contributed by atoms with E-state index in [9.17, 15) is 0 Å². The van der Waals surface area contributed by atoms with Gasteiger partial charge in [0, 0.05) is 11.4 Å². The minimum Gasteiger partial charge on any atom is -0.296 e. The lowest BCUT2D eigenvalue weighted by Gasteiger charge is -2.17. The Bertz CT molecular complexity index is 665. The zero-order valence-electron chi connectivity index (χ0n) is 13.1. The summed E-state index contributed by atoms with van der Waals surface area (Å²) in [5.41, 5.74) is 1.22. The quantitative estimate of drug-likeness (QED) is 0.782. The Morgan fingerprint density at radius 3 is 2.76 bits per heavy atom. The Balaban J connectivity index is 1.82. The molecular weight excluding hydrogens is 302 g/mol. The highest BCUT2D eigenvalue weighted by molar-refractivity contribution is 7.18. The van der Waals surface area contributed by atoms with Crippen LogP contribution in [0.1, 0.15) is 36.5 Å². The molecule has 1 aliphatic rings. The molecular formula is C16H22ClN3S. The molecule has 0 aromatic carbocycles. The lowest BCUT2D eigenvalue weighted by Crippen LogP contribution is -2.22. The summed E-state index contributed by atoms with van der Waals surface area (Å²) in [6.45, 7) is 11.9. The van der Waals surface area contributed by atoms with Crippen molar-refractivity contribution in [3.63, 3.8) is 0 Å². The van der Waals surface area contributed by atoms with Crippen molar-refractivity contribution >= 4 is 33.2 Å². The van der Waals surface area contributed by atoms with Crippen LogP contribution in [-0.2, 0) is 6.54 Å². The van der Waals surface area contributed by atoms with Crippen molar-refractivity contribution < 1.29 is 0 Å². The first-order chi connectivity index (χ1) is 9.95. The molecule has 1 fully saturated rings. The molecule has 0 bridgehead atoms. The topological polar surface area (TPSA) is 29.0 Å². The molecule has 21 heavy (non-hydrogen) atoms. The summed E-state index contributed by atoms with van der Waals surface area (Å²) in [7, 11) is 0. The van der Waals surface area contributed by atoms with Crippen LogP contribution in [0.25, 0.3) is 10.2 Å². The molecule has 2 aromatic heterocycles. The summed E-state index contributed by atoms with van der Waals surface area (Å²) < 4.78 is 0. The molecule has 1 aliphatic heterocycles. The maximum absolute atomic E-state index is 6.38. The summed E-state index contributed by atoms with van der Waals surface area (Å²) in [6.07, 6.45) is 1.28. The van der Waals surface area contributed by atoms with E-state index >= 15 is 0 Å². The van der Waals surface area contributed by atoms with Crippen LogP contribution in [0, 0.1) is 25.7 Å². The largest absolute Gasteiger partial charge is 0.296 e. The van der Waals surface area contributed by atoms with Crippen LogP contribution in [0.15, 0.2) is 0 Å². The van der Waals surface area contributed by atoms with Gasteiger partial charge >= 0.3 is 0 Å². The normalized spacial score (nSPS) is 20.0.